The van der Waals surface area contributed by atoms with Gasteiger partial charge in [0.25, 0.3) is 5.91 Å². The normalized spacial score (nSPS) is 11.1. The van der Waals surface area contributed by atoms with E-state index in [1.165, 1.54) is 0 Å². The Morgan fingerprint density at radius 2 is 2.12 bits per heavy atom. The van der Waals surface area contributed by atoms with E-state index in [1.807, 2.05) is 20.8 Å². The van der Waals surface area contributed by atoms with Crippen molar-refractivity contribution >= 4 is 11.7 Å². The number of anilines is 1. The van der Waals surface area contributed by atoms with Crippen LogP contribution < -0.4 is 10.6 Å². The summed E-state index contributed by atoms with van der Waals surface area (Å²) >= 11 is 0. The number of nitrogens with one attached hydrogen (secondary N) is 2. The molecule has 0 atom stereocenters. The van der Waals surface area contributed by atoms with Crippen LogP contribution >= 0.6 is 0 Å². The highest BCUT2D eigenvalue weighted by molar-refractivity contribution is 5.99. The molecular weight excluding hydrogens is 214 g/mol. The van der Waals surface area contributed by atoms with E-state index in [0.29, 0.717) is 11.4 Å². The van der Waals surface area contributed by atoms with Gasteiger partial charge in [-0.05, 0) is 39.3 Å². The molecule has 0 bridgehead atoms. The Kier molecular flexibility index (Phi) is 4.49. The van der Waals surface area contributed by atoms with Crippen LogP contribution in [0.15, 0.2) is 18.3 Å². The van der Waals surface area contributed by atoms with E-state index in [9.17, 15) is 4.79 Å². The van der Waals surface area contributed by atoms with Gasteiger partial charge in [0.2, 0.25) is 0 Å². The predicted molar refractivity (Wildman–Crippen MR) is 70.2 cm³/mol. The van der Waals surface area contributed by atoms with Crippen molar-refractivity contribution in [2.24, 2.45) is 0 Å². The summed E-state index contributed by atoms with van der Waals surface area (Å²) in [6, 6.07) is 3.56. The third-order valence-electron chi connectivity index (χ3n) is 2.73. The molecule has 1 aromatic heterocycles. The van der Waals surface area contributed by atoms with Gasteiger partial charge in [0.15, 0.2) is 0 Å². The lowest BCUT2D eigenvalue weighted by atomic mass is 10.0. The van der Waals surface area contributed by atoms with Gasteiger partial charge in [0.05, 0.1) is 5.56 Å². The van der Waals surface area contributed by atoms with Crippen LogP contribution in [0.25, 0.3) is 0 Å². The van der Waals surface area contributed by atoms with Crippen molar-refractivity contribution in [2.45, 2.75) is 39.7 Å². The zero-order valence-electron chi connectivity index (χ0n) is 11.0. The number of hydrogen-bond acceptors (Lipinski definition) is 3. The maximum atomic E-state index is 12.1. The van der Waals surface area contributed by atoms with E-state index in [-0.39, 0.29) is 11.4 Å². The Balaban J connectivity index is 2.88. The standard InChI is InChI=1S/C13H21N3O/c1-5-13(3,4)16-12(17)10-8-7-9-15-11(10)14-6-2/h7-9H,5-6H2,1-4H3,(H,14,15)(H,16,17). The second-order valence-corrected chi connectivity index (χ2v) is 4.62. The zero-order valence-corrected chi connectivity index (χ0v) is 11.0. The van der Waals surface area contributed by atoms with Gasteiger partial charge in [-0.1, -0.05) is 6.92 Å². The average molecular weight is 235 g/mol. The molecule has 0 unspecified atom stereocenters. The summed E-state index contributed by atoms with van der Waals surface area (Å²) in [5, 5.41) is 6.09. The molecule has 0 aromatic carbocycles. The average Bonchev–Trinajstić information content (AvgIpc) is 2.29. The number of hydrogen-bond donors (Lipinski definition) is 2. The number of carbonyl (C=O) groups excluding carboxylic acids is 1. The Bertz CT molecular complexity index is 388. The maximum Gasteiger partial charge on any atom is 0.255 e. The van der Waals surface area contributed by atoms with Gasteiger partial charge in [-0.25, -0.2) is 4.98 Å². The van der Waals surface area contributed by atoms with Crippen LogP contribution in [0.3, 0.4) is 0 Å². The summed E-state index contributed by atoms with van der Waals surface area (Å²) < 4.78 is 0. The van der Waals surface area contributed by atoms with Crippen LogP contribution in [0.1, 0.15) is 44.5 Å². The molecule has 1 heterocycles. The maximum absolute atomic E-state index is 12.1. The van der Waals surface area contributed by atoms with Crippen molar-refractivity contribution in [1.82, 2.24) is 10.3 Å². The minimum atomic E-state index is -0.198. The summed E-state index contributed by atoms with van der Waals surface area (Å²) in [5.41, 5.74) is 0.395. The smallest absolute Gasteiger partial charge is 0.255 e. The first-order valence-electron chi connectivity index (χ1n) is 6.01. The highest BCUT2D eigenvalue weighted by Crippen LogP contribution is 2.14. The Morgan fingerprint density at radius 1 is 1.41 bits per heavy atom. The lowest BCUT2D eigenvalue weighted by Gasteiger charge is -2.24. The molecule has 0 aliphatic carbocycles. The van der Waals surface area contributed by atoms with Crippen LogP contribution in [-0.2, 0) is 0 Å². The number of aromatic nitrogens is 1. The van der Waals surface area contributed by atoms with E-state index in [2.05, 4.69) is 22.5 Å². The molecule has 2 N–H and O–H groups in total. The fraction of sp³-hybridized carbons (Fsp3) is 0.538. The fourth-order valence-corrected chi connectivity index (χ4v) is 1.36. The number of nitrogens with zero attached hydrogens (tertiary/aromatic N) is 1. The SMILES string of the molecule is CCNc1ncccc1C(=O)NC(C)(C)CC. The summed E-state index contributed by atoms with van der Waals surface area (Å²) in [6.07, 6.45) is 2.56. The summed E-state index contributed by atoms with van der Waals surface area (Å²) in [6.45, 7) is 8.79. The molecule has 4 heteroatoms. The molecule has 17 heavy (non-hydrogen) atoms. The van der Waals surface area contributed by atoms with Gasteiger partial charge in [0.1, 0.15) is 5.82 Å². The topological polar surface area (TPSA) is 54.0 Å². The van der Waals surface area contributed by atoms with Crippen LogP contribution in [0.4, 0.5) is 5.82 Å². The highest BCUT2D eigenvalue weighted by atomic mass is 16.1. The molecule has 94 valence electrons. The van der Waals surface area contributed by atoms with E-state index in [4.69, 9.17) is 0 Å². The first-order chi connectivity index (χ1) is 8.00. The summed E-state index contributed by atoms with van der Waals surface area (Å²) in [4.78, 5) is 16.3. The van der Waals surface area contributed by atoms with E-state index in [0.717, 1.165) is 13.0 Å². The second kappa shape index (κ2) is 5.66. The molecule has 4 nitrogen and oxygen atoms in total. The predicted octanol–water partition coefficient (Wildman–Crippen LogP) is 2.43. The van der Waals surface area contributed by atoms with Crippen molar-refractivity contribution in [3.05, 3.63) is 23.9 Å². The summed E-state index contributed by atoms with van der Waals surface area (Å²) in [5.74, 6) is 0.556. The highest BCUT2D eigenvalue weighted by Gasteiger charge is 2.20. The number of rotatable bonds is 5. The molecule has 1 amide bonds. The first-order valence-corrected chi connectivity index (χ1v) is 6.01. The Hall–Kier alpha value is -1.58. The van der Waals surface area contributed by atoms with Crippen molar-refractivity contribution < 1.29 is 4.79 Å². The minimum absolute atomic E-state index is 0.0825. The molecule has 0 aliphatic rings. The molecule has 0 aliphatic heterocycles. The number of amides is 1. The molecule has 0 saturated carbocycles. The van der Waals surface area contributed by atoms with Crippen LogP contribution in [-0.4, -0.2) is 23.0 Å². The van der Waals surface area contributed by atoms with Crippen molar-refractivity contribution in [3.63, 3.8) is 0 Å². The van der Waals surface area contributed by atoms with Gasteiger partial charge in [-0.3, -0.25) is 4.79 Å². The zero-order chi connectivity index (χ0) is 12.9. The van der Waals surface area contributed by atoms with Crippen LogP contribution in [0.5, 0.6) is 0 Å². The third-order valence-corrected chi connectivity index (χ3v) is 2.73. The van der Waals surface area contributed by atoms with Gasteiger partial charge in [0, 0.05) is 18.3 Å². The quantitative estimate of drug-likeness (QED) is 0.824. The van der Waals surface area contributed by atoms with Gasteiger partial charge in [-0.2, -0.15) is 0 Å². The molecular formula is C13H21N3O. The largest absolute Gasteiger partial charge is 0.370 e. The van der Waals surface area contributed by atoms with Gasteiger partial charge >= 0.3 is 0 Å². The molecule has 0 fully saturated rings. The Morgan fingerprint density at radius 3 is 2.71 bits per heavy atom. The first kappa shape index (κ1) is 13.5. The van der Waals surface area contributed by atoms with E-state index < -0.39 is 0 Å². The van der Waals surface area contributed by atoms with Crippen molar-refractivity contribution in [1.29, 1.82) is 0 Å². The number of pyridine rings is 1. The van der Waals surface area contributed by atoms with E-state index >= 15 is 0 Å². The van der Waals surface area contributed by atoms with Crippen molar-refractivity contribution in [2.75, 3.05) is 11.9 Å². The van der Waals surface area contributed by atoms with E-state index in [1.54, 1.807) is 18.3 Å². The molecule has 1 aromatic rings. The molecule has 0 spiro atoms. The number of carbonyl (C=O) groups is 1. The molecule has 1 rings (SSSR count). The lowest BCUT2D eigenvalue weighted by Crippen LogP contribution is -2.43. The molecule has 0 saturated heterocycles. The van der Waals surface area contributed by atoms with Gasteiger partial charge < -0.3 is 10.6 Å². The monoisotopic (exact) mass is 235 g/mol. The van der Waals surface area contributed by atoms with Crippen LogP contribution in [0, 0.1) is 0 Å². The van der Waals surface area contributed by atoms with Gasteiger partial charge in [-0.15, -0.1) is 0 Å². The summed E-state index contributed by atoms with van der Waals surface area (Å²) in [7, 11) is 0. The molecule has 0 radical (unpaired) electrons. The van der Waals surface area contributed by atoms with Crippen LogP contribution in [0.2, 0.25) is 0 Å². The minimum Gasteiger partial charge on any atom is -0.370 e. The lowest BCUT2D eigenvalue weighted by molar-refractivity contribution is 0.0912. The Labute approximate surface area is 103 Å². The third kappa shape index (κ3) is 3.73. The second-order valence-electron chi connectivity index (χ2n) is 4.62. The van der Waals surface area contributed by atoms with Crippen molar-refractivity contribution in [3.8, 4) is 0 Å². The fourth-order valence-electron chi connectivity index (χ4n) is 1.36.